The van der Waals surface area contributed by atoms with Crippen LogP contribution in [0.3, 0.4) is 0 Å². The quantitative estimate of drug-likeness (QED) is 0.903. The Morgan fingerprint density at radius 3 is 2.61 bits per heavy atom. The van der Waals surface area contributed by atoms with Crippen molar-refractivity contribution < 1.29 is 18.3 Å². The molecule has 0 unspecified atom stereocenters. The molecule has 0 aliphatic heterocycles. The number of aliphatic hydroxyl groups excluding tert-OH is 1. The molecule has 1 N–H and O–H groups in total. The van der Waals surface area contributed by atoms with Gasteiger partial charge in [0.1, 0.15) is 6.54 Å². The minimum atomic E-state index is -4.24. The molecule has 1 aromatic rings. The summed E-state index contributed by atoms with van der Waals surface area (Å²) in [5.74, 6) is 0. The van der Waals surface area contributed by atoms with Crippen molar-refractivity contribution in [1.82, 2.24) is 4.98 Å². The molecule has 3 nitrogen and oxygen atoms in total. The highest BCUT2D eigenvalue weighted by Crippen LogP contribution is 2.36. The van der Waals surface area contributed by atoms with Crippen molar-refractivity contribution in [3.63, 3.8) is 0 Å². The molecule has 1 fully saturated rings. The average Bonchev–Trinajstić information content (AvgIpc) is 3.08. The van der Waals surface area contributed by atoms with Gasteiger partial charge in [-0.15, -0.1) is 0 Å². The molecule has 0 atom stereocenters. The van der Waals surface area contributed by atoms with Gasteiger partial charge in [-0.1, -0.05) is 0 Å². The lowest BCUT2D eigenvalue weighted by Gasteiger charge is -2.27. The van der Waals surface area contributed by atoms with E-state index in [-0.39, 0.29) is 12.6 Å². The van der Waals surface area contributed by atoms with Crippen LogP contribution in [0.5, 0.6) is 0 Å². The van der Waals surface area contributed by atoms with Crippen LogP contribution in [-0.4, -0.2) is 28.9 Å². The lowest BCUT2D eigenvalue weighted by atomic mass is 10.2. The van der Waals surface area contributed by atoms with Gasteiger partial charge in [0.15, 0.2) is 0 Å². The van der Waals surface area contributed by atoms with Gasteiger partial charge < -0.3 is 10.0 Å². The molecular formula is C12H15F3N2O. The summed E-state index contributed by atoms with van der Waals surface area (Å²) < 4.78 is 37.8. The summed E-state index contributed by atoms with van der Waals surface area (Å²) in [5, 5.41) is 9.21. The van der Waals surface area contributed by atoms with E-state index in [4.69, 9.17) is 0 Å². The van der Waals surface area contributed by atoms with Crippen LogP contribution in [0.1, 0.15) is 24.1 Å². The Kier molecular flexibility index (Phi) is 3.47. The number of hydrogen-bond donors (Lipinski definition) is 1. The SMILES string of the molecule is Cc1cc(N(CC(F)(F)F)C2CC2)c(CO)cn1. The summed E-state index contributed by atoms with van der Waals surface area (Å²) in [6, 6.07) is 1.54. The number of pyridine rings is 1. The van der Waals surface area contributed by atoms with Gasteiger partial charge in [0.2, 0.25) is 0 Å². The fourth-order valence-corrected chi connectivity index (χ4v) is 1.95. The molecular weight excluding hydrogens is 245 g/mol. The monoisotopic (exact) mass is 260 g/mol. The molecule has 6 heteroatoms. The van der Waals surface area contributed by atoms with Crippen molar-refractivity contribution in [1.29, 1.82) is 0 Å². The first kappa shape index (κ1) is 13.1. The Labute approximate surface area is 103 Å². The van der Waals surface area contributed by atoms with Crippen molar-refractivity contribution in [2.75, 3.05) is 11.4 Å². The Bertz CT molecular complexity index is 430. The number of aromatic nitrogens is 1. The second kappa shape index (κ2) is 4.76. The number of anilines is 1. The number of rotatable bonds is 4. The Balaban J connectivity index is 2.32. The van der Waals surface area contributed by atoms with Crippen molar-refractivity contribution in [2.24, 2.45) is 0 Å². The van der Waals surface area contributed by atoms with Gasteiger partial charge >= 0.3 is 6.18 Å². The standard InChI is InChI=1S/C12H15F3N2O/c1-8-4-11(9(6-18)5-16-8)17(10-2-3-10)7-12(13,14)15/h4-5,10,18H,2-3,6-7H2,1H3. The second-order valence-corrected chi connectivity index (χ2v) is 4.59. The molecule has 1 heterocycles. The minimum Gasteiger partial charge on any atom is -0.392 e. The van der Waals surface area contributed by atoms with E-state index >= 15 is 0 Å². The summed E-state index contributed by atoms with van der Waals surface area (Å²) in [7, 11) is 0. The van der Waals surface area contributed by atoms with Gasteiger partial charge in [-0.25, -0.2) is 0 Å². The number of aryl methyl sites for hydroxylation is 1. The van der Waals surface area contributed by atoms with Crippen LogP contribution in [0.2, 0.25) is 0 Å². The molecule has 1 saturated carbocycles. The van der Waals surface area contributed by atoms with Crippen LogP contribution in [0, 0.1) is 6.92 Å². The van der Waals surface area contributed by atoms with Crippen molar-refractivity contribution in [3.8, 4) is 0 Å². The first-order valence-corrected chi connectivity index (χ1v) is 5.80. The molecule has 18 heavy (non-hydrogen) atoms. The Morgan fingerprint density at radius 2 is 2.11 bits per heavy atom. The average molecular weight is 260 g/mol. The highest BCUT2D eigenvalue weighted by atomic mass is 19.4. The molecule has 0 aromatic carbocycles. The maximum atomic E-state index is 12.6. The van der Waals surface area contributed by atoms with Crippen LogP contribution in [-0.2, 0) is 6.61 Å². The second-order valence-electron chi connectivity index (χ2n) is 4.59. The number of aliphatic hydroxyl groups is 1. The summed E-state index contributed by atoms with van der Waals surface area (Å²) >= 11 is 0. The first-order valence-electron chi connectivity index (χ1n) is 5.80. The summed E-state index contributed by atoms with van der Waals surface area (Å²) in [6.45, 7) is 0.446. The van der Waals surface area contributed by atoms with Gasteiger partial charge in [-0.3, -0.25) is 4.98 Å². The number of hydrogen-bond acceptors (Lipinski definition) is 3. The van der Waals surface area contributed by atoms with Gasteiger partial charge in [0.25, 0.3) is 0 Å². The summed E-state index contributed by atoms with van der Waals surface area (Å²) in [4.78, 5) is 5.33. The molecule has 0 saturated heterocycles. The molecule has 1 aromatic heterocycles. The number of alkyl halides is 3. The lowest BCUT2D eigenvalue weighted by Crippen LogP contribution is -2.36. The van der Waals surface area contributed by atoms with Gasteiger partial charge in [-0.05, 0) is 25.8 Å². The summed E-state index contributed by atoms with van der Waals surface area (Å²) in [6.07, 6.45) is -1.27. The molecule has 0 spiro atoms. The molecule has 2 rings (SSSR count). The predicted octanol–water partition coefficient (Wildman–Crippen LogP) is 2.41. The van der Waals surface area contributed by atoms with E-state index in [1.165, 1.54) is 11.1 Å². The Morgan fingerprint density at radius 1 is 1.44 bits per heavy atom. The highest BCUT2D eigenvalue weighted by molar-refractivity contribution is 5.55. The van der Waals surface area contributed by atoms with E-state index in [2.05, 4.69) is 4.98 Å². The van der Waals surface area contributed by atoms with Crippen LogP contribution in [0.15, 0.2) is 12.3 Å². The Hall–Kier alpha value is -1.30. The van der Waals surface area contributed by atoms with Gasteiger partial charge in [0.05, 0.1) is 6.61 Å². The van der Waals surface area contributed by atoms with Gasteiger partial charge in [-0.2, -0.15) is 13.2 Å². The first-order chi connectivity index (χ1) is 8.40. The highest BCUT2D eigenvalue weighted by Gasteiger charge is 2.38. The van der Waals surface area contributed by atoms with Gasteiger partial charge in [0, 0.05) is 29.2 Å². The van der Waals surface area contributed by atoms with E-state index < -0.39 is 12.7 Å². The normalized spacial score (nSPS) is 15.8. The largest absolute Gasteiger partial charge is 0.405 e. The zero-order valence-corrected chi connectivity index (χ0v) is 10.0. The van der Waals surface area contributed by atoms with E-state index in [1.807, 2.05) is 0 Å². The van der Waals surface area contributed by atoms with E-state index in [1.54, 1.807) is 13.0 Å². The molecule has 100 valence electrons. The maximum Gasteiger partial charge on any atom is 0.405 e. The number of halogens is 3. The van der Waals surface area contributed by atoms with Crippen molar-refractivity contribution >= 4 is 5.69 Å². The maximum absolute atomic E-state index is 12.6. The molecule has 0 bridgehead atoms. The smallest absolute Gasteiger partial charge is 0.392 e. The van der Waals surface area contributed by atoms with E-state index in [0.29, 0.717) is 16.9 Å². The zero-order valence-electron chi connectivity index (χ0n) is 10.0. The van der Waals surface area contributed by atoms with Crippen molar-refractivity contribution in [2.45, 2.75) is 38.6 Å². The topological polar surface area (TPSA) is 36.4 Å². The van der Waals surface area contributed by atoms with Crippen LogP contribution in [0.4, 0.5) is 18.9 Å². The molecule has 1 aliphatic carbocycles. The van der Waals surface area contributed by atoms with Crippen LogP contribution < -0.4 is 4.90 Å². The van der Waals surface area contributed by atoms with Crippen LogP contribution in [0.25, 0.3) is 0 Å². The van der Waals surface area contributed by atoms with E-state index in [0.717, 1.165) is 12.8 Å². The number of nitrogens with zero attached hydrogens (tertiary/aromatic N) is 2. The molecule has 1 aliphatic rings. The summed E-state index contributed by atoms with van der Waals surface area (Å²) in [5.41, 5.74) is 1.54. The fraction of sp³-hybridized carbons (Fsp3) is 0.583. The molecule has 0 amide bonds. The molecule has 0 radical (unpaired) electrons. The third kappa shape index (κ3) is 3.13. The lowest BCUT2D eigenvalue weighted by molar-refractivity contribution is -0.120. The third-order valence-corrected chi connectivity index (χ3v) is 2.92. The van der Waals surface area contributed by atoms with E-state index in [9.17, 15) is 18.3 Å². The van der Waals surface area contributed by atoms with Crippen LogP contribution >= 0.6 is 0 Å². The minimum absolute atomic E-state index is 0.0706. The predicted molar refractivity (Wildman–Crippen MR) is 61.3 cm³/mol. The zero-order chi connectivity index (χ0) is 13.3. The fourth-order valence-electron chi connectivity index (χ4n) is 1.95. The van der Waals surface area contributed by atoms with Crippen molar-refractivity contribution in [3.05, 3.63) is 23.5 Å². The third-order valence-electron chi connectivity index (χ3n) is 2.92.